The minimum Gasteiger partial charge on any atom is -0.462 e. The molecule has 0 bridgehead atoms. The third-order valence-electron chi connectivity index (χ3n) is 14.0. The van der Waals surface area contributed by atoms with E-state index in [1.807, 2.05) is 12.2 Å². The van der Waals surface area contributed by atoms with Crippen molar-refractivity contribution in [1.82, 2.24) is 0 Å². The van der Waals surface area contributed by atoms with Crippen molar-refractivity contribution in [2.24, 2.45) is 46.3 Å². The van der Waals surface area contributed by atoms with Crippen LogP contribution in [0.2, 0.25) is 0 Å². The van der Waals surface area contributed by atoms with Gasteiger partial charge in [-0.15, -0.1) is 0 Å². The van der Waals surface area contributed by atoms with Gasteiger partial charge >= 0.3 is 5.97 Å². The summed E-state index contributed by atoms with van der Waals surface area (Å²) in [6, 6.07) is 0. The highest BCUT2D eigenvalue weighted by atomic mass is 16.5. The lowest BCUT2D eigenvalue weighted by Crippen LogP contribution is -2.51. The topological polar surface area (TPSA) is 46.5 Å². The zero-order valence-electron chi connectivity index (χ0n) is 32.3. The van der Waals surface area contributed by atoms with Gasteiger partial charge in [0, 0.05) is 12.8 Å². The molecule has 4 rings (SSSR count). The normalized spacial score (nSPS) is 33.0. The lowest BCUT2D eigenvalue weighted by Gasteiger charge is -2.58. The average Bonchev–Trinajstić information content (AvgIpc) is 3.41. The van der Waals surface area contributed by atoms with Crippen molar-refractivity contribution in [2.75, 3.05) is 0 Å². The van der Waals surface area contributed by atoms with Crippen LogP contribution in [0.4, 0.5) is 0 Å². The van der Waals surface area contributed by atoms with Gasteiger partial charge in [-0.3, -0.25) is 4.79 Å². The first-order valence-electron chi connectivity index (χ1n) is 21.0. The van der Waals surface area contributed by atoms with Crippen LogP contribution in [0.1, 0.15) is 183 Å². The minimum atomic E-state index is -0.353. The summed E-state index contributed by atoms with van der Waals surface area (Å²) in [5.41, 5.74) is 2.46. The van der Waals surface area contributed by atoms with E-state index in [9.17, 15) is 9.90 Å². The maximum Gasteiger partial charge on any atom is 0.306 e. The van der Waals surface area contributed by atoms with Crippen LogP contribution in [-0.4, -0.2) is 23.3 Å². The Hall–Kier alpha value is -1.35. The Morgan fingerprint density at radius 3 is 2.48 bits per heavy atom. The fraction of sp³-hybridized carbons (Fsp3) is 0.844. The minimum absolute atomic E-state index is 0.00846. The van der Waals surface area contributed by atoms with Gasteiger partial charge < -0.3 is 9.84 Å². The van der Waals surface area contributed by atoms with Crippen LogP contribution >= 0.6 is 0 Å². The SMILES string of the molecule is CCCCC/C=C\C=C\[C@H](O)CCCCCCCC(=O)O[C@H]1CC[C@@]2(C)C(=CC[C@H]3[C@@H]4CC[C@H]([C@H](C)CCCC(C)C)[C@@]4(C)CC[C@@H]32)C1. The van der Waals surface area contributed by atoms with Crippen molar-refractivity contribution < 1.29 is 14.6 Å². The Morgan fingerprint density at radius 1 is 0.896 bits per heavy atom. The Balaban J connectivity index is 1.13. The highest BCUT2D eigenvalue weighted by Gasteiger charge is 2.59. The number of aliphatic hydroxyl groups is 1. The average molecular weight is 665 g/mol. The zero-order valence-corrected chi connectivity index (χ0v) is 32.3. The maximum absolute atomic E-state index is 12.8. The number of allylic oxidation sites excluding steroid dienone is 4. The van der Waals surface area contributed by atoms with Crippen LogP contribution in [0.3, 0.4) is 0 Å². The number of aliphatic hydroxyl groups excluding tert-OH is 1. The second kappa shape index (κ2) is 19.3. The molecule has 0 radical (unpaired) electrons. The Bertz CT molecular complexity index is 1050. The van der Waals surface area contributed by atoms with E-state index >= 15 is 0 Å². The molecule has 0 aromatic carbocycles. The quantitative estimate of drug-likeness (QED) is 0.0610. The predicted octanol–water partition coefficient (Wildman–Crippen LogP) is 12.7. The summed E-state index contributed by atoms with van der Waals surface area (Å²) in [6.45, 7) is 14.8. The molecule has 0 aliphatic heterocycles. The highest BCUT2D eigenvalue weighted by Crippen LogP contribution is 2.67. The summed E-state index contributed by atoms with van der Waals surface area (Å²) < 4.78 is 6.10. The predicted molar refractivity (Wildman–Crippen MR) is 204 cm³/mol. The molecular weight excluding hydrogens is 588 g/mol. The first-order valence-corrected chi connectivity index (χ1v) is 21.0. The lowest BCUT2D eigenvalue weighted by atomic mass is 9.47. The molecule has 0 heterocycles. The van der Waals surface area contributed by atoms with Gasteiger partial charge in [-0.25, -0.2) is 0 Å². The molecule has 0 saturated heterocycles. The first-order chi connectivity index (χ1) is 23.1. The number of carbonyl (C=O) groups is 1. The van der Waals surface area contributed by atoms with Crippen LogP contribution in [0.25, 0.3) is 0 Å². The van der Waals surface area contributed by atoms with E-state index in [1.165, 1.54) is 77.0 Å². The van der Waals surface area contributed by atoms with Crippen molar-refractivity contribution >= 4 is 5.97 Å². The molecule has 0 unspecified atom stereocenters. The van der Waals surface area contributed by atoms with Crippen molar-refractivity contribution in [1.29, 1.82) is 0 Å². The molecule has 0 aromatic rings. The summed E-state index contributed by atoms with van der Waals surface area (Å²) in [6.07, 6.45) is 36.4. The van der Waals surface area contributed by atoms with E-state index in [-0.39, 0.29) is 18.2 Å². The number of hydrogen-bond donors (Lipinski definition) is 1. The molecule has 0 aromatic heterocycles. The molecule has 0 spiro atoms. The molecule has 274 valence electrons. The number of fused-ring (bicyclic) bond motifs is 5. The van der Waals surface area contributed by atoms with E-state index in [0.29, 0.717) is 17.3 Å². The molecular formula is C45H76O3. The van der Waals surface area contributed by atoms with Gasteiger partial charge in [0.25, 0.3) is 0 Å². The maximum atomic E-state index is 12.8. The Kier molecular flexibility index (Phi) is 15.9. The zero-order chi connectivity index (χ0) is 34.6. The highest BCUT2D eigenvalue weighted by molar-refractivity contribution is 5.69. The molecule has 9 atom stereocenters. The monoisotopic (exact) mass is 665 g/mol. The molecule has 48 heavy (non-hydrogen) atoms. The Labute approximate surface area is 297 Å². The van der Waals surface area contributed by atoms with E-state index in [1.54, 1.807) is 5.57 Å². The molecule has 4 aliphatic rings. The van der Waals surface area contributed by atoms with E-state index in [4.69, 9.17) is 4.74 Å². The second-order valence-corrected chi connectivity index (χ2v) is 17.8. The van der Waals surface area contributed by atoms with Crippen LogP contribution in [0.5, 0.6) is 0 Å². The third-order valence-corrected chi connectivity index (χ3v) is 14.0. The largest absolute Gasteiger partial charge is 0.462 e. The Morgan fingerprint density at radius 2 is 1.69 bits per heavy atom. The van der Waals surface area contributed by atoms with E-state index in [0.717, 1.165) is 93.3 Å². The molecule has 3 nitrogen and oxygen atoms in total. The molecule has 3 fully saturated rings. The summed E-state index contributed by atoms with van der Waals surface area (Å²) >= 11 is 0. The fourth-order valence-corrected chi connectivity index (χ4v) is 11.1. The van der Waals surface area contributed by atoms with Gasteiger partial charge in [-0.05, 0) is 117 Å². The summed E-state index contributed by atoms with van der Waals surface area (Å²) in [7, 11) is 0. The fourth-order valence-electron chi connectivity index (χ4n) is 11.1. The smallest absolute Gasteiger partial charge is 0.306 e. The van der Waals surface area contributed by atoms with Crippen LogP contribution in [0, 0.1) is 46.3 Å². The van der Waals surface area contributed by atoms with Crippen LogP contribution in [0.15, 0.2) is 36.0 Å². The van der Waals surface area contributed by atoms with E-state index in [2.05, 4.69) is 59.8 Å². The summed E-state index contributed by atoms with van der Waals surface area (Å²) in [4.78, 5) is 12.8. The molecule has 3 saturated carbocycles. The number of carbonyl (C=O) groups excluding carboxylic acids is 1. The molecule has 1 N–H and O–H groups in total. The van der Waals surface area contributed by atoms with Crippen molar-refractivity contribution in [3.05, 3.63) is 36.0 Å². The number of ether oxygens (including phenoxy) is 1. The summed E-state index contributed by atoms with van der Waals surface area (Å²) in [5.74, 6) is 5.18. The van der Waals surface area contributed by atoms with Crippen LogP contribution in [-0.2, 0) is 9.53 Å². The van der Waals surface area contributed by atoms with Gasteiger partial charge in [0.05, 0.1) is 6.10 Å². The number of unbranched alkanes of at least 4 members (excludes halogenated alkanes) is 7. The van der Waals surface area contributed by atoms with Gasteiger partial charge in [-0.1, -0.05) is 135 Å². The number of hydrogen-bond acceptors (Lipinski definition) is 3. The molecule has 0 amide bonds. The van der Waals surface area contributed by atoms with Gasteiger partial charge in [0.1, 0.15) is 6.10 Å². The standard InChI is InChI=1S/C45H76O3/c1-7-8-9-10-11-13-16-22-37(46)23-17-14-12-15-18-24-43(47)48-38-29-31-44(5)36(33-38)25-26-39-41-28-27-40(35(4)21-19-20-34(2)3)45(41,6)32-30-42(39)44/h11,13,16,22,25,34-35,37-42,46H,7-10,12,14-15,17-21,23-24,26-33H2,1-6H3/b13-11-,22-16+/t35-,37+,38+,39+,40-,41+,42+,44+,45-/m1/s1. The molecule has 3 heteroatoms. The van der Waals surface area contributed by atoms with Gasteiger partial charge in [0.2, 0.25) is 0 Å². The molecule has 4 aliphatic carbocycles. The second-order valence-electron chi connectivity index (χ2n) is 17.8. The number of esters is 1. The van der Waals surface area contributed by atoms with Crippen LogP contribution < -0.4 is 0 Å². The van der Waals surface area contributed by atoms with Crippen molar-refractivity contribution in [3.8, 4) is 0 Å². The van der Waals surface area contributed by atoms with E-state index < -0.39 is 0 Å². The summed E-state index contributed by atoms with van der Waals surface area (Å²) in [5, 5.41) is 10.2. The number of rotatable bonds is 20. The lowest BCUT2D eigenvalue weighted by molar-refractivity contribution is -0.151. The third kappa shape index (κ3) is 10.6. The van der Waals surface area contributed by atoms with Crippen molar-refractivity contribution in [2.45, 2.75) is 195 Å². The van der Waals surface area contributed by atoms with Gasteiger partial charge in [-0.2, -0.15) is 0 Å². The van der Waals surface area contributed by atoms with Crippen molar-refractivity contribution in [3.63, 3.8) is 0 Å². The van der Waals surface area contributed by atoms with Gasteiger partial charge in [0.15, 0.2) is 0 Å². The first kappa shape index (κ1) is 39.4.